The van der Waals surface area contributed by atoms with Gasteiger partial charge in [-0.3, -0.25) is 0 Å². The summed E-state index contributed by atoms with van der Waals surface area (Å²) in [5.74, 6) is 0.170. The highest BCUT2D eigenvalue weighted by molar-refractivity contribution is 5.46. The fourth-order valence-electron chi connectivity index (χ4n) is 2.87. The standard InChI is InChI=1S/C16H14F3N5O/c17-10-2-1-3-11(8-10)25-12-6-7-23(9-12)14-5-4-13-20-21-16(15(18)19)24(13)22-14/h1-5,8,12,15H,6-7,9H2. The van der Waals surface area contributed by atoms with Crippen LogP contribution in [0.1, 0.15) is 18.7 Å². The molecule has 3 heterocycles. The Balaban J connectivity index is 1.51. The van der Waals surface area contributed by atoms with Gasteiger partial charge < -0.3 is 9.64 Å². The Kier molecular flexibility index (Phi) is 3.90. The molecular formula is C16H14F3N5O. The fourth-order valence-corrected chi connectivity index (χ4v) is 2.87. The molecule has 0 amide bonds. The van der Waals surface area contributed by atoms with Gasteiger partial charge >= 0.3 is 0 Å². The van der Waals surface area contributed by atoms with Crippen molar-refractivity contribution in [3.63, 3.8) is 0 Å². The van der Waals surface area contributed by atoms with Gasteiger partial charge in [-0.25, -0.2) is 13.2 Å². The van der Waals surface area contributed by atoms with Gasteiger partial charge in [-0.05, 0) is 24.3 Å². The lowest BCUT2D eigenvalue weighted by Crippen LogP contribution is -2.25. The zero-order chi connectivity index (χ0) is 17.4. The van der Waals surface area contributed by atoms with Crippen molar-refractivity contribution < 1.29 is 17.9 Å². The second kappa shape index (κ2) is 6.23. The Bertz CT molecular complexity index is 900. The molecule has 0 bridgehead atoms. The normalized spacial score (nSPS) is 17.6. The van der Waals surface area contributed by atoms with Crippen LogP contribution in [-0.4, -0.2) is 39.0 Å². The molecule has 1 aromatic carbocycles. The number of hydrogen-bond donors (Lipinski definition) is 0. The van der Waals surface area contributed by atoms with Gasteiger partial charge in [0.2, 0.25) is 5.82 Å². The molecule has 3 aromatic rings. The van der Waals surface area contributed by atoms with Gasteiger partial charge in [-0.2, -0.15) is 4.52 Å². The third kappa shape index (κ3) is 3.09. The Labute approximate surface area is 140 Å². The zero-order valence-corrected chi connectivity index (χ0v) is 13.0. The van der Waals surface area contributed by atoms with Gasteiger partial charge in [-0.15, -0.1) is 15.3 Å². The van der Waals surface area contributed by atoms with Gasteiger partial charge in [-0.1, -0.05) is 6.07 Å². The number of ether oxygens (including phenoxy) is 1. The van der Waals surface area contributed by atoms with Crippen molar-refractivity contribution in [3.05, 3.63) is 48.0 Å². The molecule has 1 aliphatic rings. The number of fused-ring (bicyclic) bond motifs is 1. The molecule has 0 radical (unpaired) electrons. The van der Waals surface area contributed by atoms with Crippen LogP contribution < -0.4 is 9.64 Å². The summed E-state index contributed by atoms with van der Waals surface area (Å²) in [6, 6.07) is 9.28. The van der Waals surface area contributed by atoms with Gasteiger partial charge in [0.25, 0.3) is 6.43 Å². The molecule has 9 heteroatoms. The van der Waals surface area contributed by atoms with Gasteiger partial charge in [0.1, 0.15) is 23.5 Å². The minimum atomic E-state index is -2.75. The molecule has 1 saturated heterocycles. The van der Waals surface area contributed by atoms with E-state index in [2.05, 4.69) is 15.3 Å². The molecule has 6 nitrogen and oxygen atoms in total. The van der Waals surface area contributed by atoms with E-state index in [-0.39, 0.29) is 17.6 Å². The maximum atomic E-state index is 13.2. The first kappa shape index (κ1) is 15.7. The number of rotatable bonds is 4. The first-order valence-corrected chi connectivity index (χ1v) is 7.78. The Morgan fingerprint density at radius 3 is 2.84 bits per heavy atom. The van der Waals surface area contributed by atoms with Crippen molar-refractivity contribution >= 4 is 11.5 Å². The number of anilines is 1. The summed E-state index contributed by atoms with van der Waals surface area (Å²) in [5.41, 5.74) is 0.269. The van der Waals surface area contributed by atoms with Crippen molar-refractivity contribution in [2.45, 2.75) is 19.0 Å². The predicted molar refractivity (Wildman–Crippen MR) is 83.4 cm³/mol. The van der Waals surface area contributed by atoms with Crippen molar-refractivity contribution in [2.24, 2.45) is 0 Å². The summed E-state index contributed by atoms with van der Waals surface area (Å²) in [6.45, 7) is 1.19. The van der Waals surface area contributed by atoms with Crippen LogP contribution in [0.25, 0.3) is 5.65 Å². The Morgan fingerprint density at radius 2 is 2.04 bits per heavy atom. The van der Waals surface area contributed by atoms with Crippen LogP contribution in [0, 0.1) is 5.82 Å². The Morgan fingerprint density at radius 1 is 1.16 bits per heavy atom. The lowest BCUT2D eigenvalue weighted by molar-refractivity contribution is 0.137. The maximum Gasteiger partial charge on any atom is 0.299 e. The molecule has 4 rings (SSSR count). The molecule has 1 fully saturated rings. The summed E-state index contributed by atoms with van der Waals surface area (Å²) >= 11 is 0. The van der Waals surface area contributed by atoms with E-state index in [4.69, 9.17) is 4.74 Å². The number of hydrogen-bond acceptors (Lipinski definition) is 5. The second-order valence-electron chi connectivity index (χ2n) is 5.75. The second-order valence-corrected chi connectivity index (χ2v) is 5.75. The SMILES string of the molecule is Fc1cccc(OC2CCN(c3ccc4nnc(C(F)F)n4n3)C2)c1. The van der Waals surface area contributed by atoms with Crippen LogP contribution >= 0.6 is 0 Å². The number of nitrogens with zero attached hydrogens (tertiary/aromatic N) is 5. The molecule has 0 spiro atoms. The fraction of sp³-hybridized carbons (Fsp3) is 0.312. The molecule has 1 unspecified atom stereocenters. The Hall–Kier alpha value is -2.84. The molecular weight excluding hydrogens is 335 g/mol. The first-order chi connectivity index (χ1) is 12.1. The predicted octanol–water partition coefficient (Wildman–Crippen LogP) is 2.86. The van der Waals surface area contributed by atoms with E-state index in [1.165, 1.54) is 12.1 Å². The maximum absolute atomic E-state index is 13.2. The minimum Gasteiger partial charge on any atom is -0.488 e. The van der Waals surface area contributed by atoms with Gasteiger partial charge in [0.05, 0.1) is 6.54 Å². The highest BCUT2D eigenvalue weighted by atomic mass is 19.3. The average molecular weight is 349 g/mol. The van der Waals surface area contributed by atoms with Crippen molar-refractivity contribution in [1.29, 1.82) is 0 Å². The molecule has 0 aliphatic carbocycles. The molecule has 1 atom stereocenters. The molecule has 0 N–H and O–H groups in total. The molecule has 25 heavy (non-hydrogen) atoms. The van der Waals surface area contributed by atoms with Crippen molar-refractivity contribution in [1.82, 2.24) is 19.8 Å². The third-order valence-electron chi connectivity index (χ3n) is 4.04. The number of halogens is 3. The highest BCUT2D eigenvalue weighted by Crippen LogP contribution is 2.24. The van der Waals surface area contributed by atoms with Gasteiger partial charge in [0.15, 0.2) is 5.65 Å². The van der Waals surface area contributed by atoms with Crippen LogP contribution in [0.15, 0.2) is 36.4 Å². The number of alkyl halides is 2. The first-order valence-electron chi connectivity index (χ1n) is 7.78. The largest absolute Gasteiger partial charge is 0.488 e. The number of benzene rings is 1. The quantitative estimate of drug-likeness (QED) is 0.725. The summed E-state index contributed by atoms with van der Waals surface area (Å²) in [6.07, 6.45) is -2.16. The summed E-state index contributed by atoms with van der Waals surface area (Å²) < 4.78 is 46.0. The van der Waals surface area contributed by atoms with Crippen molar-refractivity contribution in [2.75, 3.05) is 18.0 Å². The van der Waals surface area contributed by atoms with E-state index in [1.807, 2.05) is 4.90 Å². The van der Waals surface area contributed by atoms with E-state index in [0.717, 1.165) is 10.9 Å². The molecule has 0 saturated carbocycles. The molecule has 2 aromatic heterocycles. The third-order valence-corrected chi connectivity index (χ3v) is 4.04. The lowest BCUT2D eigenvalue weighted by atomic mass is 10.3. The zero-order valence-electron chi connectivity index (χ0n) is 13.0. The van der Waals surface area contributed by atoms with Crippen molar-refractivity contribution in [3.8, 4) is 5.75 Å². The van der Waals surface area contributed by atoms with Gasteiger partial charge in [0, 0.05) is 19.0 Å². The van der Waals surface area contributed by atoms with Crippen LogP contribution in [0.3, 0.4) is 0 Å². The number of aromatic nitrogens is 4. The average Bonchev–Trinajstić information content (AvgIpc) is 3.20. The monoisotopic (exact) mass is 349 g/mol. The minimum absolute atomic E-state index is 0.130. The van der Waals surface area contributed by atoms with Crippen LogP contribution in [-0.2, 0) is 0 Å². The van der Waals surface area contributed by atoms with E-state index >= 15 is 0 Å². The van der Waals surface area contributed by atoms with E-state index in [1.54, 1.807) is 24.3 Å². The summed E-state index contributed by atoms with van der Waals surface area (Å²) in [7, 11) is 0. The van der Waals surface area contributed by atoms with Crippen LogP contribution in [0.4, 0.5) is 19.0 Å². The van der Waals surface area contributed by atoms with E-state index in [0.29, 0.717) is 24.7 Å². The lowest BCUT2D eigenvalue weighted by Gasteiger charge is -2.18. The van der Waals surface area contributed by atoms with E-state index < -0.39 is 12.2 Å². The van der Waals surface area contributed by atoms with E-state index in [9.17, 15) is 13.2 Å². The van der Waals surface area contributed by atoms with Crippen LogP contribution in [0.5, 0.6) is 5.75 Å². The highest BCUT2D eigenvalue weighted by Gasteiger charge is 2.26. The molecule has 130 valence electrons. The smallest absolute Gasteiger partial charge is 0.299 e. The topological polar surface area (TPSA) is 55.5 Å². The summed E-state index contributed by atoms with van der Waals surface area (Å²) in [5, 5.41) is 11.4. The van der Waals surface area contributed by atoms with Crippen LogP contribution in [0.2, 0.25) is 0 Å². The summed E-state index contributed by atoms with van der Waals surface area (Å²) in [4.78, 5) is 1.93. The molecule has 1 aliphatic heterocycles.